The molecule has 5 aromatic heterocycles. The Labute approximate surface area is 181 Å². The first-order valence-corrected chi connectivity index (χ1v) is 9.78. The highest BCUT2D eigenvalue weighted by molar-refractivity contribution is 6.36. The molecule has 5 rings (SSSR count). The van der Waals surface area contributed by atoms with Crippen LogP contribution in [0, 0.1) is 0 Å². The fourth-order valence-electron chi connectivity index (χ4n) is 3.09. The van der Waals surface area contributed by atoms with E-state index in [1.807, 2.05) is 6.92 Å². The molecule has 1 N–H and O–H groups in total. The molecule has 0 aliphatic carbocycles. The van der Waals surface area contributed by atoms with Crippen molar-refractivity contribution in [3.05, 3.63) is 53.8 Å². The van der Waals surface area contributed by atoms with Crippen molar-refractivity contribution in [3.8, 4) is 29.1 Å². The summed E-state index contributed by atoms with van der Waals surface area (Å²) in [6.07, 6.45) is 6.94. The maximum Gasteiger partial charge on any atom is 0.327 e. The zero-order chi connectivity index (χ0) is 21.4. The zero-order valence-electron chi connectivity index (χ0n) is 16.5. The number of nitrogens with one attached hydrogen (secondary N) is 1. The Morgan fingerprint density at radius 2 is 1.90 bits per heavy atom. The van der Waals surface area contributed by atoms with E-state index in [1.165, 1.54) is 0 Å². The maximum atomic E-state index is 6.56. The van der Waals surface area contributed by atoms with Gasteiger partial charge in [0.05, 0.1) is 37.0 Å². The molecule has 156 valence electrons. The van der Waals surface area contributed by atoms with Crippen LogP contribution in [-0.2, 0) is 6.42 Å². The second-order valence-corrected chi connectivity index (χ2v) is 6.92. The van der Waals surface area contributed by atoms with E-state index < -0.39 is 0 Å². The van der Waals surface area contributed by atoms with Gasteiger partial charge in [0, 0.05) is 23.9 Å². The minimum atomic E-state index is 0.0617. The standard InChI is InChI=1S/C21H16ClN5O4/c1-3-14-18(22)17-19(25-14)26-21(31-13-7-16-15(24-10-13)4-5-29-16)27-20(17)30-12-6-11(28-2)8-23-9-12/h4-10H,3H2,1-2H3,(H,25,26,27). The van der Waals surface area contributed by atoms with Crippen LogP contribution in [-0.4, -0.2) is 32.0 Å². The molecule has 5 aromatic rings. The number of rotatable bonds is 6. The number of aromatic amines is 1. The van der Waals surface area contributed by atoms with E-state index in [0.717, 1.165) is 11.2 Å². The van der Waals surface area contributed by atoms with Crippen molar-refractivity contribution in [1.82, 2.24) is 24.9 Å². The monoisotopic (exact) mass is 437 g/mol. The predicted octanol–water partition coefficient (Wildman–Crippen LogP) is 5.30. The van der Waals surface area contributed by atoms with Gasteiger partial charge in [0.1, 0.15) is 22.3 Å². The van der Waals surface area contributed by atoms with Crippen molar-refractivity contribution < 1.29 is 18.6 Å². The van der Waals surface area contributed by atoms with Crippen molar-refractivity contribution in [3.63, 3.8) is 0 Å². The van der Waals surface area contributed by atoms with Crippen molar-refractivity contribution in [2.24, 2.45) is 0 Å². The minimum Gasteiger partial charge on any atom is -0.495 e. The van der Waals surface area contributed by atoms with Crippen molar-refractivity contribution in [1.29, 1.82) is 0 Å². The maximum absolute atomic E-state index is 6.56. The molecule has 10 heteroatoms. The van der Waals surface area contributed by atoms with Gasteiger partial charge >= 0.3 is 6.01 Å². The summed E-state index contributed by atoms with van der Waals surface area (Å²) >= 11 is 6.56. The van der Waals surface area contributed by atoms with Crippen molar-refractivity contribution in [2.75, 3.05) is 7.11 Å². The minimum absolute atomic E-state index is 0.0617. The molecule has 0 aliphatic rings. The molecule has 0 bridgehead atoms. The molecule has 0 amide bonds. The number of hydrogen-bond acceptors (Lipinski definition) is 8. The van der Waals surface area contributed by atoms with E-state index >= 15 is 0 Å². The first kappa shape index (κ1) is 19.1. The Balaban J connectivity index is 1.58. The molecular formula is C21H16ClN5O4. The number of pyridine rings is 2. The molecule has 5 heterocycles. The summed E-state index contributed by atoms with van der Waals surface area (Å²) in [5, 5.41) is 1.04. The fraction of sp³-hybridized carbons (Fsp3) is 0.143. The number of aromatic nitrogens is 5. The van der Waals surface area contributed by atoms with Crippen LogP contribution in [0.1, 0.15) is 12.6 Å². The molecule has 9 nitrogen and oxygen atoms in total. The highest BCUT2D eigenvalue weighted by Gasteiger charge is 2.20. The predicted molar refractivity (Wildman–Crippen MR) is 113 cm³/mol. The number of furan rings is 1. The Morgan fingerprint density at radius 3 is 2.74 bits per heavy atom. The van der Waals surface area contributed by atoms with Crippen LogP contribution in [0.25, 0.3) is 22.1 Å². The summed E-state index contributed by atoms with van der Waals surface area (Å²) in [7, 11) is 1.55. The van der Waals surface area contributed by atoms with Gasteiger partial charge in [-0.3, -0.25) is 4.98 Å². The lowest BCUT2D eigenvalue weighted by molar-refractivity contribution is 0.399. The summed E-state index contributed by atoms with van der Waals surface area (Å²) in [5.74, 6) is 1.62. The van der Waals surface area contributed by atoms with Crippen molar-refractivity contribution >= 4 is 33.7 Å². The first-order chi connectivity index (χ1) is 15.1. The molecule has 0 atom stereocenters. The second kappa shape index (κ2) is 7.77. The summed E-state index contributed by atoms with van der Waals surface area (Å²) in [6.45, 7) is 1.98. The molecule has 0 unspecified atom stereocenters. The third-order valence-electron chi connectivity index (χ3n) is 4.59. The van der Waals surface area contributed by atoms with Crippen molar-refractivity contribution in [2.45, 2.75) is 13.3 Å². The molecule has 0 saturated heterocycles. The van der Waals surface area contributed by atoms with Crippen LogP contribution >= 0.6 is 11.6 Å². The molecule has 0 aromatic carbocycles. The molecule has 31 heavy (non-hydrogen) atoms. The van der Waals surface area contributed by atoms with Gasteiger partial charge in [0.15, 0.2) is 17.1 Å². The smallest absolute Gasteiger partial charge is 0.327 e. The topological polar surface area (TPSA) is 108 Å². The first-order valence-electron chi connectivity index (χ1n) is 9.40. The van der Waals surface area contributed by atoms with E-state index in [4.69, 9.17) is 30.2 Å². The highest BCUT2D eigenvalue weighted by Crippen LogP contribution is 2.37. The summed E-state index contributed by atoms with van der Waals surface area (Å²) in [4.78, 5) is 20.5. The van der Waals surface area contributed by atoms with E-state index in [1.54, 1.807) is 50.2 Å². The number of fused-ring (bicyclic) bond motifs is 2. The second-order valence-electron chi connectivity index (χ2n) is 6.55. The molecule has 0 spiro atoms. The van der Waals surface area contributed by atoms with E-state index in [2.05, 4.69) is 24.9 Å². The summed E-state index contributed by atoms with van der Waals surface area (Å²) in [6, 6.07) is 5.23. The molecular weight excluding hydrogens is 422 g/mol. The summed E-state index contributed by atoms with van der Waals surface area (Å²) in [5.41, 5.74) is 2.62. The molecule has 0 fully saturated rings. The number of halogens is 1. The number of nitrogens with zero attached hydrogens (tertiary/aromatic N) is 4. The Bertz CT molecular complexity index is 1400. The quantitative estimate of drug-likeness (QED) is 0.381. The van der Waals surface area contributed by atoms with Crippen LogP contribution in [0.15, 0.2) is 47.5 Å². The van der Waals surface area contributed by atoms with Gasteiger partial charge in [0.25, 0.3) is 0 Å². The average molecular weight is 438 g/mol. The van der Waals surface area contributed by atoms with Gasteiger partial charge in [-0.15, -0.1) is 0 Å². The van der Waals surface area contributed by atoms with Crippen LogP contribution in [0.2, 0.25) is 5.02 Å². The lowest BCUT2D eigenvalue weighted by Crippen LogP contribution is -1.97. The van der Waals surface area contributed by atoms with Gasteiger partial charge < -0.3 is 23.6 Å². The number of aryl methyl sites for hydroxylation is 1. The normalized spacial score (nSPS) is 11.2. The molecule has 0 radical (unpaired) electrons. The fourth-order valence-corrected chi connectivity index (χ4v) is 3.44. The van der Waals surface area contributed by atoms with Crippen LogP contribution in [0.4, 0.5) is 0 Å². The number of methoxy groups -OCH3 is 1. The van der Waals surface area contributed by atoms with Gasteiger partial charge in [-0.25, -0.2) is 4.98 Å². The highest BCUT2D eigenvalue weighted by atomic mass is 35.5. The van der Waals surface area contributed by atoms with Crippen LogP contribution in [0.5, 0.6) is 29.1 Å². The average Bonchev–Trinajstić information content (AvgIpc) is 3.37. The number of hydrogen-bond donors (Lipinski definition) is 1. The van der Waals surface area contributed by atoms with Gasteiger partial charge in [-0.1, -0.05) is 18.5 Å². The number of H-pyrrole nitrogens is 1. The molecule has 0 aliphatic heterocycles. The summed E-state index contributed by atoms with van der Waals surface area (Å²) < 4.78 is 22.4. The zero-order valence-corrected chi connectivity index (χ0v) is 17.3. The van der Waals surface area contributed by atoms with Gasteiger partial charge in [-0.05, 0) is 6.42 Å². The Morgan fingerprint density at radius 1 is 1.06 bits per heavy atom. The Kier molecular flexibility index (Phi) is 4.79. The lowest BCUT2D eigenvalue weighted by Gasteiger charge is -2.09. The number of ether oxygens (including phenoxy) is 3. The van der Waals surface area contributed by atoms with Gasteiger partial charge in [0.2, 0.25) is 5.88 Å². The van der Waals surface area contributed by atoms with Crippen LogP contribution in [0.3, 0.4) is 0 Å². The van der Waals surface area contributed by atoms with Crippen LogP contribution < -0.4 is 14.2 Å². The van der Waals surface area contributed by atoms with E-state index in [9.17, 15) is 0 Å². The SMILES string of the molecule is CCc1[nH]c2nc(Oc3cnc4ccoc4c3)nc(Oc3cncc(OC)c3)c2c1Cl. The third-order valence-corrected chi connectivity index (χ3v) is 5.00. The third kappa shape index (κ3) is 3.59. The lowest BCUT2D eigenvalue weighted by atomic mass is 10.3. The van der Waals surface area contributed by atoms with E-state index in [0.29, 0.717) is 45.3 Å². The molecule has 0 saturated carbocycles. The van der Waals surface area contributed by atoms with E-state index in [-0.39, 0.29) is 11.9 Å². The largest absolute Gasteiger partial charge is 0.495 e. The van der Waals surface area contributed by atoms with Gasteiger partial charge in [-0.2, -0.15) is 9.97 Å². The Hall–Kier alpha value is -3.85.